The van der Waals surface area contributed by atoms with Crippen LogP contribution in [0.3, 0.4) is 0 Å². The van der Waals surface area contributed by atoms with Crippen LogP contribution < -0.4 is 5.32 Å². The van der Waals surface area contributed by atoms with E-state index in [1.165, 1.54) is 16.8 Å². The van der Waals surface area contributed by atoms with E-state index in [0.29, 0.717) is 19.4 Å². The predicted molar refractivity (Wildman–Crippen MR) is 134 cm³/mol. The third kappa shape index (κ3) is 7.95. The van der Waals surface area contributed by atoms with Crippen molar-refractivity contribution in [3.63, 3.8) is 0 Å². The molecule has 3 rings (SSSR count). The third-order valence-corrected chi connectivity index (χ3v) is 7.96. The maximum absolute atomic E-state index is 13.4. The molecule has 2 N–H and O–H groups in total. The molecule has 10 nitrogen and oxygen atoms in total. The van der Waals surface area contributed by atoms with Gasteiger partial charge in [0.05, 0.1) is 24.6 Å². The zero-order valence-electron chi connectivity index (χ0n) is 20.9. The van der Waals surface area contributed by atoms with Crippen molar-refractivity contribution >= 4 is 21.7 Å². The van der Waals surface area contributed by atoms with Crippen molar-refractivity contribution in [2.24, 2.45) is 7.05 Å². The maximum Gasteiger partial charge on any atom is 0.262 e. The second-order valence-electron chi connectivity index (χ2n) is 9.16. The average Bonchev–Trinajstić information content (AvgIpc) is 3.54. The topological polar surface area (TPSA) is 131 Å². The summed E-state index contributed by atoms with van der Waals surface area (Å²) in [5.74, 6) is -0.385. The van der Waals surface area contributed by atoms with Crippen LogP contribution in [0.5, 0.6) is 0 Å². The number of aliphatic hydroxyl groups excluding tert-OH is 1. The highest BCUT2D eigenvalue weighted by molar-refractivity contribution is 7.89. The van der Waals surface area contributed by atoms with E-state index in [0.717, 1.165) is 18.4 Å². The van der Waals surface area contributed by atoms with Gasteiger partial charge < -0.3 is 19.7 Å². The Balaban J connectivity index is 1.80. The lowest BCUT2D eigenvalue weighted by atomic mass is 10.0. The van der Waals surface area contributed by atoms with Crippen molar-refractivity contribution in [1.82, 2.24) is 19.2 Å². The highest BCUT2D eigenvalue weighted by Crippen LogP contribution is 2.20. The lowest BCUT2D eigenvalue weighted by Crippen LogP contribution is -2.51. The number of aromatic nitrogens is 2. The minimum absolute atomic E-state index is 0.0105. The van der Waals surface area contributed by atoms with Gasteiger partial charge in [-0.1, -0.05) is 37.3 Å². The van der Waals surface area contributed by atoms with Gasteiger partial charge in [-0.25, -0.2) is 13.4 Å². The van der Waals surface area contributed by atoms with E-state index < -0.39 is 22.2 Å². The molecule has 2 aromatic rings. The number of sulfonamides is 1. The van der Waals surface area contributed by atoms with Crippen LogP contribution in [-0.2, 0) is 37.8 Å². The molecule has 1 aliphatic heterocycles. The number of hydrogen-bond donors (Lipinski definition) is 2. The number of ether oxygens (including phenoxy) is 1. The first-order chi connectivity index (χ1) is 17.2. The molecule has 36 heavy (non-hydrogen) atoms. The summed E-state index contributed by atoms with van der Waals surface area (Å²) in [4.78, 5) is 28.3. The molecule has 0 saturated carbocycles. The monoisotopic (exact) mass is 520 g/mol. The van der Waals surface area contributed by atoms with Crippen molar-refractivity contribution in [2.45, 2.75) is 68.7 Å². The Bertz CT molecular complexity index is 1100. The molecular formula is C25H36N4O6S. The van der Waals surface area contributed by atoms with Gasteiger partial charge in [-0.05, 0) is 24.8 Å². The van der Waals surface area contributed by atoms with Crippen LogP contribution in [0.1, 0.15) is 44.6 Å². The van der Waals surface area contributed by atoms with Crippen molar-refractivity contribution < 1.29 is 27.9 Å². The summed E-state index contributed by atoms with van der Waals surface area (Å²) in [6.07, 6.45) is 3.68. The fourth-order valence-corrected chi connectivity index (χ4v) is 5.59. The summed E-state index contributed by atoms with van der Waals surface area (Å²) in [6, 6.07) is 8.57. The van der Waals surface area contributed by atoms with Gasteiger partial charge in [0, 0.05) is 52.2 Å². The molecule has 0 spiro atoms. The van der Waals surface area contributed by atoms with E-state index >= 15 is 0 Å². The van der Waals surface area contributed by atoms with Gasteiger partial charge in [0.1, 0.15) is 5.78 Å². The van der Waals surface area contributed by atoms with Crippen LogP contribution >= 0.6 is 0 Å². The summed E-state index contributed by atoms with van der Waals surface area (Å²) >= 11 is 0. The highest BCUT2D eigenvalue weighted by atomic mass is 32.2. The number of carbonyl (C=O) groups excluding carboxylic acids is 2. The second kappa shape index (κ2) is 13.1. The Labute approximate surface area is 212 Å². The van der Waals surface area contributed by atoms with Gasteiger partial charge in [-0.2, -0.15) is 4.31 Å². The van der Waals surface area contributed by atoms with Crippen LogP contribution in [0.2, 0.25) is 0 Å². The molecule has 0 radical (unpaired) electrons. The molecule has 1 saturated heterocycles. The summed E-state index contributed by atoms with van der Waals surface area (Å²) in [6.45, 7) is 2.14. The molecule has 1 aromatic carbocycles. The Morgan fingerprint density at radius 1 is 1.28 bits per heavy atom. The Morgan fingerprint density at radius 2 is 2.03 bits per heavy atom. The zero-order valence-corrected chi connectivity index (χ0v) is 21.7. The quantitative estimate of drug-likeness (QED) is 0.385. The summed E-state index contributed by atoms with van der Waals surface area (Å²) in [7, 11) is -2.34. The summed E-state index contributed by atoms with van der Waals surface area (Å²) < 4.78 is 35.3. The van der Waals surface area contributed by atoms with Crippen molar-refractivity contribution in [1.29, 1.82) is 0 Å². The SMILES string of the molecule is CCC(=O)CCC(=O)N[C@@H](Cc1ccccc1)[C@H](O)CN(CC1CCCO1)S(=O)(=O)c1cn(C)cn1. The largest absolute Gasteiger partial charge is 0.390 e. The van der Waals surface area contributed by atoms with E-state index in [1.54, 1.807) is 18.5 Å². The number of nitrogens with zero attached hydrogens (tertiary/aromatic N) is 3. The number of imidazole rings is 1. The van der Waals surface area contributed by atoms with Gasteiger partial charge in [0.15, 0.2) is 5.03 Å². The minimum atomic E-state index is -4.02. The smallest absolute Gasteiger partial charge is 0.262 e. The first-order valence-corrected chi connectivity index (χ1v) is 13.8. The first kappa shape index (κ1) is 28.0. The number of carbonyl (C=O) groups is 2. The Hall–Kier alpha value is -2.60. The Kier molecular flexibility index (Phi) is 10.2. The number of Topliss-reactive ketones (excluding diaryl/α,β-unsaturated/α-hetero) is 1. The van der Waals surface area contributed by atoms with Gasteiger partial charge in [0.25, 0.3) is 10.0 Å². The second-order valence-corrected chi connectivity index (χ2v) is 11.0. The minimum Gasteiger partial charge on any atom is -0.390 e. The molecule has 0 aliphatic carbocycles. The third-order valence-electron chi connectivity index (χ3n) is 6.24. The van der Waals surface area contributed by atoms with Crippen LogP contribution in [0, 0.1) is 0 Å². The van der Waals surface area contributed by atoms with Gasteiger partial charge in [-0.15, -0.1) is 0 Å². The molecule has 1 aromatic heterocycles. The predicted octanol–water partition coefficient (Wildman–Crippen LogP) is 1.44. The number of benzene rings is 1. The fourth-order valence-electron chi connectivity index (χ4n) is 4.14. The molecule has 3 atom stereocenters. The number of hydrogen-bond acceptors (Lipinski definition) is 7. The van der Waals surface area contributed by atoms with Gasteiger partial charge in [0.2, 0.25) is 5.91 Å². The maximum atomic E-state index is 13.4. The zero-order chi connectivity index (χ0) is 26.1. The lowest BCUT2D eigenvalue weighted by Gasteiger charge is -2.30. The number of aryl methyl sites for hydroxylation is 1. The van der Waals surface area contributed by atoms with Crippen molar-refractivity contribution in [3.8, 4) is 0 Å². The first-order valence-electron chi connectivity index (χ1n) is 12.3. The van der Waals surface area contributed by atoms with Crippen LogP contribution in [0.25, 0.3) is 0 Å². The molecule has 0 bridgehead atoms. The summed E-state index contributed by atoms with van der Waals surface area (Å²) in [5.41, 5.74) is 0.879. The van der Waals surface area contributed by atoms with Crippen molar-refractivity contribution in [2.75, 3.05) is 19.7 Å². The molecule has 1 aliphatic rings. The molecule has 1 unspecified atom stereocenters. The standard InChI is InChI=1S/C25H36N4O6S/c1-3-20(30)11-12-24(32)27-22(14-19-8-5-4-6-9-19)23(31)16-29(15-21-10-7-13-35-21)36(33,34)25-17-28(2)18-26-25/h4-6,8-9,17-18,21-23,31H,3,7,10-16H2,1-2H3,(H,27,32)/t21?,22-,23+/m0/s1. The van der Waals surface area contributed by atoms with E-state index in [4.69, 9.17) is 4.74 Å². The van der Waals surface area contributed by atoms with E-state index in [9.17, 15) is 23.1 Å². The van der Waals surface area contributed by atoms with E-state index in [2.05, 4.69) is 10.3 Å². The molecule has 1 amide bonds. The summed E-state index contributed by atoms with van der Waals surface area (Å²) in [5, 5.41) is 14.0. The molecular weight excluding hydrogens is 484 g/mol. The van der Waals surface area contributed by atoms with E-state index in [1.807, 2.05) is 30.3 Å². The molecule has 2 heterocycles. The van der Waals surface area contributed by atoms with Crippen LogP contribution in [0.4, 0.5) is 0 Å². The van der Waals surface area contributed by atoms with Crippen LogP contribution in [0.15, 0.2) is 47.9 Å². The number of nitrogens with one attached hydrogen (secondary N) is 1. The lowest BCUT2D eigenvalue weighted by molar-refractivity contribution is -0.126. The normalized spacial score (nSPS) is 17.7. The van der Waals surface area contributed by atoms with Crippen molar-refractivity contribution in [3.05, 3.63) is 48.4 Å². The molecule has 1 fully saturated rings. The van der Waals surface area contributed by atoms with Gasteiger partial charge >= 0.3 is 0 Å². The average molecular weight is 521 g/mol. The number of amides is 1. The van der Waals surface area contributed by atoms with Gasteiger partial charge in [-0.3, -0.25) is 9.59 Å². The van der Waals surface area contributed by atoms with E-state index in [-0.39, 0.29) is 48.8 Å². The number of ketones is 1. The molecule has 198 valence electrons. The molecule has 11 heteroatoms. The van der Waals surface area contributed by atoms with Crippen LogP contribution in [-0.4, -0.2) is 77.0 Å². The number of rotatable bonds is 14. The number of aliphatic hydroxyl groups is 1. The highest BCUT2D eigenvalue weighted by Gasteiger charge is 2.34. The fraction of sp³-hybridized carbons (Fsp3) is 0.560. The Morgan fingerprint density at radius 3 is 2.64 bits per heavy atom.